The number of hydrogen-bond acceptors (Lipinski definition) is 2. The maximum Gasteiger partial charge on any atom is 0.503 e. The molecule has 0 spiro atoms. The van der Waals surface area contributed by atoms with Crippen molar-refractivity contribution in [1.82, 2.24) is 0 Å². The van der Waals surface area contributed by atoms with Crippen LogP contribution in [-0.4, -0.2) is 21.5 Å². The van der Waals surface area contributed by atoms with E-state index in [0.29, 0.717) is 11.7 Å². The second kappa shape index (κ2) is 10.2. The van der Waals surface area contributed by atoms with Crippen molar-refractivity contribution < 1.29 is 20.1 Å². The van der Waals surface area contributed by atoms with Gasteiger partial charge >= 0.3 is 6.16 Å². The predicted molar refractivity (Wildman–Crippen MR) is 73.5 cm³/mol. The monoisotopic (exact) mass is 254 g/mol. The lowest BCUT2D eigenvalue weighted by atomic mass is 9.98. The van der Waals surface area contributed by atoms with Crippen molar-refractivity contribution >= 4 is 6.16 Å². The summed E-state index contributed by atoms with van der Waals surface area (Å²) in [6, 6.07) is 5.67. The molecule has 0 aromatic heterocycles. The lowest BCUT2D eigenvalue weighted by molar-refractivity contribution is 0.137. The van der Waals surface area contributed by atoms with Crippen molar-refractivity contribution in [1.29, 1.82) is 0 Å². The van der Waals surface area contributed by atoms with Crippen molar-refractivity contribution in [2.24, 2.45) is 0 Å². The van der Waals surface area contributed by atoms with Gasteiger partial charge in [-0.3, -0.25) is 0 Å². The van der Waals surface area contributed by atoms with Crippen LogP contribution in [0.3, 0.4) is 0 Å². The molecule has 1 rings (SSSR count). The molecule has 4 nitrogen and oxygen atoms in total. The molecule has 1 aromatic rings. The van der Waals surface area contributed by atoms with E-state index >= 15 is 0 Å². The van der Waals surface area contributed by atoms with Gasteiger partial charge in [0.05, 0.1) is 0 Å². The summed E-state index contributed by atoms with van der Waals surface area (Å²) >= 11 is 0. The molecule has 0 aliphatic carbocycles. The summed E-state index contributed by atoms with van der Waals surface area (Å²) in [5, 5.41) is 23.3. The Morgan fingerprint density at radius 1 is 1.33 bits per heavy atom. The van der Waals surface area contributed by atoms with Gasteiger partial charge in [0.25, 0.3) is 0 Å². The Balaban J connectivity index is 0. The van der Waals surface area contributed by atoms with E-state index in [-0.39, 0.29) is 0 Å². The molecule has 0 atom stereocenters. The minimum absolute atomic E-state index is 0.399. The molecular weight excluding hydrogens is 232 g/mol. The summed E-state index contributed by atoms with van der Waals surface area (Å²) in [6.45, 7) is 11.5. The van der Waals surface area contributed by atoms with Gasteiger partial charge in [0.1, 0.15) is 5.75 Å². The maximum absolute atomic E-state index is 9.35. The number of benzene rings is 1. The van der Waals surface area contributed by atoms with Gasteiger partial charge < -0.3 is 15.3 Å². The van der Waals surface area contributed by atoms with E-state index in [1.165, 1.54) is 5.56 Å². The van der Waals surface area contributed by atoms with Crippen LogP contribution in [0.2, 0.25) is 0 Å². The first-order valence-electron chi connectivity index (χ1n) is 5.55. The van der Waals surface area contributed by atoms with Gasteiger partial charge in [-0.2, -0.15) is 0 Å². The SMILES string of the molecule is C=CC.Cc1c(O)cccc1C(C)C.O=C(O)O. The molecular formula is C14H22O4. The highest BCUT2D eigenvalue weighted by molar-refractivity contribution is 5.53. The molecule has 1 aromatic carbocycles. The molecule has 0 amide bonds. The fourth-order valence-corrected chi connectivity index (χ4v) is 1.27. The van der Waals surface area contributed by atoms with Gasteiger partial charge in [0, 0.05) is 0 Å². The topological polar surface area (TPSA) is 77.8 Å². The third kappa shape index (κ3) is 9.27. The number of allylic oxidation sites excluding steroid dienone is 1. The normalized spacial score (nSPS) is 8.50. The zero-order valence-electron chi connectivity index (χ0n) is 11.3. The quantitative estimate of drug-likeness (QED) is 0.655. The van der Waals surface area contributed by atoms with Crippen LogP contribution in [-0.2, 0) is 0 Å². The number of carbonyl (C=O) groups is 1. The van der Waals surface area contributed by atoms with Crippen LogP contribution < -0.4 is 0 Å². The van der Waals surface area contributed by atoms with E-state index in [1.54, 1.807) is 12.1 Å². The van der Waals surface area contributed by atoms with Crippen LogP contribution in [0.15, 0.2) is 30.9 Å². The molecule has 0 bridgehead atoms. The molecule has 0 saturated carbocycles. The molecule has 0 aliphatic rings. The number of aromatic hydroxyl groups is 1. The van der Waals surface area contributed by atoms with E-state index in [2.05, 4.69) is 26.5 Å². The maximum atomic E-state index is 9.35. The van der Waals surface area contributed by atoms with Crippen LogP contribution >= 0.6 is 0 Å². The molecule has 0 saturated heterocycles. The van der Waals surface area contributed by atoms with Gasteiger partial charge in [0.15, 0.2) is 0 Å². The minimum atomic E-state index is -1.83. The average Bonchev–Trinajstić information content (AvgIpc) is 2.22. The van der Waals surface area contributed by atoms with Crippen molar-refractivity contribution in [2.75, 3.05) is 0 Å². The second-order valence-electron chi connectivity index (χ2n) is 3.84. The van der Waals surface area contributed by atoms with Crippen LogP contribution in [0, 0.1) is 6.92 Å². The zero-order valence-corrected chi connectivity index (χ0v) is 11.3. The first kappa shape index (κ1) is 18.4. The zero-order chi connectivity index (χ0) is 14.7. The third-order valence-corrected chi connectivity index (χ3v) is 1.97. The van der Waals surface area contributed by atoms with Gasteiger partial charge in [0.2, 0.25) is 0 Å². The number of phenolic OH excluding ortho intramolecular Hbond substituents is 1. The first-order chi connectivity index (χ1) is 8.27. The van der Waals surface area contributed by atoms with Gasteiger partial charge in [-0.15, -0.1) is 6.58 Å². The second-order valence-corrected chi connectivity index (χ2v) is 3.84. The number of hydrogen-bond donors (Lipinski definition) is 3. The van der Waals surface area contributed by atoms with E-state index in [4.69, 9.17) is 15.0 Å². The fourth-order valence-electron chi connectivity index (χ4n) is 1.27. The number of rotatable bonds is 1. The summed E-state index contributed by atoms with van der Waals surface area (Å²) in [5.41, 5.74) is 2.23. The molecule has 0 radical (unpaired) electrons. The Bertz CT molecular complexity index is 366. The van der Waals surface area contributed by atoms with Crippen LogP contribution in [0.5, 0.6) is 5.75 Å². The first-order valence-corrected chi connectivity index (χ1v) is 5.55. The Kier molecular flexibility index (Phi) is 10.4. The van der Waals surface area contributed by atoms with Crippen molar-refractivity contribution in [3.05, 3.63) is 42.0 Å². The van der Waals surface area contributed by atoms with Crippen LogP contribution in [0.4, 0.5) is 4.79 Å². The van der Waals surface area contributed by atoms with Crippen LogP contribution in [0.25, 0.3) is 0 Å². The Labute approximate surface area is 108 Å². The predicted octanol–water partition coefficient (Wildman–Crippen LogP) is 4.24. The Hall–Kier alpha value is -1.97. The molecule has 0 aliphatic heterocycles. The molecule has 102 valence electrons. The minimum Gasteiger partial charge on any atom is -0.508 e. The van der Waals surface area contributed by atoms with Crippen molar-refractivity contribution in [3.8, 4) is 5.75 Å². The summed E-state index contributed by atoms with van der Waals surface area (Å²) in [7, 11) is 0. The summed E-state index contributed by atoms with van der Waals surface area (Å²) in [5.74, 6) is 0.887. The highest BCUT2D eigenvalue weighted by atomic mass is 16.6. The molecule has 3 N–H and O–H groups in total. The molecule has 0 fully saturated rings. The van der Waals surface area contributed by atoms with Crippen LogP contribution in [0.1, 0.15) is 37.8 Å². The number of carboxylic acid groups (broad SMARTS) is 2. The fraction of sp³-hybridized carbons (Fsp3) is 0.357. The summed E-state index contributed by atoms with van der Waals surface area (Å²) in [6.07, 6.45) is -0.0833. The molecule has 0 unspecified atom stereocenters. The van der Waals surface area contributed by atoms with E-state index in [9.17, 15) is 5.11 Å². The summed E-state index contributed by atoms with van der Waals surface area (Å²) in [4.78, 5) is 8.56. The van der Waals surface area contributed by atoms with E-state index in [1.807, 2.05) is 19.9 Å². The lowest BCUT2D eigenvalue weighted by Crippen LogP contribution is -1.90. The number of phenols is 1. The third-order valence-electron chi connectivity index (χ3n) is 1.97. The smallest absolute Gasteiger partial charge is 0.503 e. The van der Waals surface area contributed by atoms with E-state index < -0.39 is 6.16 Å². The lowest BCUT2D eigenvalue weighted by Gasteiger charge is -2.09. The Morgan fingerprint density at radius 2 is 1.72 bits per heavy atom. The average molecular weight is 254 g/mol. The van der Waals surface area contributed by atoms with Gasteiger partial charge in [-0.1, -0.05) is 32.1 Å². The van der Waals surface area contributed by atoms with Gasteiger partial charge in [-0.05, 0) is 37.0 Å². The highest BCUT2D eigenvalue weighted by Gasteiger charge is 2.04. The molecule has 0 heterocycles. The summed E-state index contributed by atoms with van der Waals surface area (Å²) < 4.78 is 0. The standard InChI is InChI=1S/C10H14O.C3H6.CH2O3/c1-7(2)9-5-4-6-10(11)8(9)3;1-3-2;2-1(3)4/h4-7,11H,1-3H3;3H,1H2,2H3;(H2,2,3,4). The van der Waals surface area contributed by atoms with Crippen molar-refractivity contribution in [2.45, 2.75) is 33.6 Å². The van der Waals surface area contributed by atoms with E-state index in [0.717, 1.165) is 5.56 Å². The highest BCUT2D eigenvalue weighted by Crippen LogP contribution is 2.25. The Morgan fingerprint density at radius 3 is 2.00 bits per heavy atom. The largest absolute Gasteiger partial charge is 0.508 e. The van der Waals surface area contributed by atoms with Gasteiger partial charge in [-0.25, -0.2) is 4.79 Å². The van der Waals surface area contributed by atoms with Crippen molar-refractivity contribution in [3.63, 3.8) is 0 Å². The molecule has 4 heteroatoms. The molecule has 18 heavy (non-hydrogen) atoms.